The maximum atomic E-state index is 2.47. The Morgan fingerprint density at radius 1 is 0.279 bits per heavy atom. The van der Waals surface area contributed by atoms with Gasteiger partial charge in [0.1, 0.15) is 0 Å². The molecule has 0 amide bonds. The van der Waals surface area contributed by atoms with Crippen LogP contribution in [0.2, 0.25) is 0 Å². The molecule has 0 saturated carbocycles. The van der Waals surface area contributed by atoms with E-state index in [2.05, 4.69) is 251 Å². The summed E-state index contributed by atoms with van der Waals surface area (Å²) in [6.45, 7) is 0. The second-order valence-electron chi connectivity index (χ2n) is 15.8. The van der Waals surface area contributed by atoms with E-state index in [-0.39, 0.29) is 0 Å². The van der Waals surface area contributed by atoms with Gasteiger partial charge in [-0.2, -0.15) is 0 Å². The lowest BCUT2D eigenvalue weighted by Gasteiger charge is -2.26. The van der Waals surface area contributed by atoms with Gasteiger partial charge in [0.15, 0.2) is 0 Å². The number of nitrogens with zero attached hydrogens (tertiary/aromatic N) is 3. The predicted molar refractivity (Wildman–Crippen MR) is 258 cm³/mol. The fourth-order valence-electron chi connectivity index (χ4n) is 9.43. The van der Waals surface area contributed by atoms with Crippen LogP contribution in [0.3, 0.4) is 0 Å². The summed E-state index contributed by atoms with van der Waals surface area (Å²) in [5.41, 5.74) is 15.2. The van der Waals surface area contributed by atoms with Crippen molar-refractivity contribution in [3.63, 3.8) is 0 Å². The monoisotopic (exact) mass is 777 g/mol. The molecule has 0 atom stereocenters. The minimum Gasteiger partial charge on any atom is -0.311 e. The minimum atomic E-state index is 1.11. The van der Waals surface area contributed by atoms with E-state index >= 15 is 0 Å². The molecule has 0 fully saturated rings. The van der Waals surface area contributed by atoms with Gasteiger partial charge in [0.05, 0.1) is 22.1 Å². The second-order valence-corrected chi connectivity index (χ2v) is 15.8. The summed E-state index contributed by atoms with van der Waals surface area (Å²) >= 11 is 0. The molecular formula is C58H39N3. The summed E-state index contributed by atoms with van der Waals surface area (Å²) in [7, 11) is 0. The SMILES string of the molecule is c1ccc(-c2ccc(N(c3ccccc3)c3ccc(-c4ccc(-n5c6ccccc6c6ccc7c(c8ccccc8n7-c7ccc8ccccc8c7)c65)cc4)cc3)cc2)cc1. The first-order valence-electron chi connectivity index (χ1n) is 20.9. The number of hydrogen-bond acceptors (Lipinski definition) is 1. The number of para-hydroxylation sites is 3. The number of benzene rings is 10. The molecule has 3 heteroatoms. The molecule has 0 saturated heterocycles. The van der Waals surface area contributed by atoms with Gasteiger partial charge < -0.3 is 14.0 Å². The highest BCUT2D eigenvalue weighted by atomic mass is 15.1. The third-order valence-corrected chi connectivity index (χ3v) is 12.3. The minimum absolute atomic E-state index is 1.11. The quantitative estimate of drug-likeness (QED) is 0.157. The van der Waals surface area contributed by atoms with E-state index in [1.165, 1.54) is 76.6 Å². The molecule has 0 aliphatic rings. The summed E-state index contributed by atoms with van der Waals surface area (Å²) in [4.78, 5) is 2.32. The highest BCUT2D eigenvalue weighted by Crippen LogP contribution is 2.43. The van der Waals surface area contributed by atoms with Gasteiger partial charge in [-0.15, -0.1) is 0 Å². The standard InChI is InChI=1S/C58H39N3/c1-3-13-40(14-4-1)42-23-30-47(31-24-42)59(46-17-5-2-6-18-46)48-32-25-43(26-33-48)44-27-34-49(35-28-44)61-54-21-11-9-19-51(54)52-37-38-56-57(58(52)61)53-20-10-12-22-55(53)60(56)50-36-29-41-15-7-8-16-45(41)39-50/h1-39H. The van der Waals surface area contributed by atoms with Crippen molar-refractivity contribution in [2.45, 2.75) is 0 Å². The third-order valence-electron chi connectivity index (χ3n) is 12.3. The molecule has 0 radical (unpaired) electrons. The highest BCUT2D eigenvalue weighted by molar-refractivity contribution is 6.26. The Hall–Kier alpha value is -8.14. The highest BCUT2D eigenvalue weighted by Gasteiger charge is 2.21. The largest absolute Gasteiger partial charge is 0.311 e. The van der Waals surface area contributed by atoms with Crippen molar-refractivity contribution in [3.05, 3.63) is 237 Å². The van der Waals surface area contributed by atoms with Crippen LogP contribution in [0.1, 0.15) is 0 Å². The van der Waals surface area contributed by atoms with Crippen LogP contribution in [-0.2, 0) is 0 Å². The van der Waals surface area contributed by atoms with Crippen molar-refractivity contribution >= 4 is 71.4 Å². The molecule has 12 aromatic rings. The molecule has 3 nitrogen and oxygen atoms in total. The molecule has 0 unspecified atom stereocenters. The Balaban J connectivity index is 0.950. The predicted octanol–water partition coefficient (Wildman–Crippen LogP) is 15.8. The third kappa shape index (κ3) is 5.82. The van der Waals surface area contributed by atoms with Crippen LogP contribution in [0.25, 0.3) is 88.0 Å². The summed E-state index contributed by atoms with van der Waals surface area (Å²) < 4.78 is 4.90. The molecule has 0 spiro atoms. The number of aromatic nitrogens is 2. The molecule has 12 rings (SSSR count). The summed E-state index contributed by atoms with van der Waals surface area (Å²) in [6.07, 6.45) is 0. The Kier molecular flexibility index (Phi) is 8.17. The summed E-state index contributed by atoms with van der Waals surface area (Å²) in [6, 6.07) is 85.7. The average Bonchev–Trinajstić information content (AvgIpc) is 3.86. The van der Waals surface area contributed by atoms with E-state index in [1.54, 1.807) is 0 Å². The first kappa shape index (κ1) is 34.9. The topological polar surface area (TPSA) is 13.1 Å². The Morgan fingerprint density at radius 3 is 1.44 bits per heavy atom. The van der Waals surface area contributed by atoms with Gasteiger partial charge in [-0.05, 0) is 112 Å². The Morgan fingerprint density at radius 2 is 0.770 bits per heavy atom. The zero-order chi connectivity index (χ0) is 40.3. The van der Waals surface area contributed by atoms with Crippen molar-refractivity contribution in [2.24, 2.45) is 0 Å². The molecule has 2 aromatic heterocycles. The van der Waals surface area contributed by atoms with Crippen molar-refractivity contribution < 1.29 is 0 Å². The van der Waals surface area contributed by atoms with Gasteiger partial charge >= 0.3 is 0 Å². The van der Waals surface area contributed by atoms with Gasteiger partial charge in [0.2, 0.25) is 0 Å². The van der Waals surface area contributed by atoms with E-state index < -0.39 is 0 Å². The van der Waals surface area contributed by atoms with Crippen LogP contribution in [0.5, 0.6) is 0 Å². The molecule has 61 heavy (non-hydrogen) atoms. The lowest BCUT2D eigenvalue weighted by Crippen LogP contribution is -2.09. The maximum absolute atomic E-state index is 2.47. The number of rotatable bonds is 7. The van der Waals surface area contributed by atoms with Crippen LogP contribution in [0.4, 0.5) is 17.1 Å². The lowest BCUT2D eigenvalue weighted by atomic mass is 10.0. The van der Waals surface area contributed by atoms with Crippen LogP contribution in [-0.4, -0.2) is 9.13 Å². The normalized spacial score (nSPS) is 11.6. The van der Waals surface area contributed by atoms with E-state index in [9.17, 15) is 0 Å². The molecule has 0 aliphatic heterocycles. The number of anilines is 3. The van der Waals surface area contributed by atoms with Crippen molar-refractivity contribution in [1.29, 1.82) is 0 Å². The average molecular weight is 778 g/mol. The molecule has 0 aliphatic carbocycles. The molecular weight excluding hydrogens is 739 g/mol. The number of hydrogen-bond donors (Lipinski definition) is 0. The molecule has 286 valence electrons. The lowest BCUT2D eigenvalue weighted by molar-refractivity contribution is 1.18. The zero-order valence-corrected chi connectivity index (χ0v) is 33.4. The molecule has 10 aromatic carbocycles. The Labute approximate surface area is 354 Å². The van der Waals surface area contributed by atoms with Crippen molar-refractivity contribution in [2.75, 3.05) is 4.90 Å². The van der Waals surface area contributed by atoms with Gasteiger partial charge in [-0.25, -0.2) is 0 Å². The zero-order valence-electron chi connectivity index (χ0n) is 33.4. The summed E-state index contributed by atoms with van der Waals surface area (Å²) in [5, 5.41) is 7.48. The van der Waals surface area contributed by atoms with Crippen molar-refractivity contribution in [1.82, 2.24) is 9.13 Å². The van der Waals surface area contributed by atoms with Crippen molar-refractivity contribution in [3.8, 4) is 33.6 Å². The maximum Gasteiger partial charge on any atom is 0.0641 e. The van der Waals surface area contributed by atoms with Crippen LogP contribution in [0, 0.1) is 0 Å². The first-order chi connectivity index (χ1) is 30.3. The van der Waals surface area contributed by atoms with Gasteiger partial charge in [0.25, 0.3) is 0 Å². The number of fused-ring (bicyclic) bond motifs is 8. The molecule has 0 N–H and O–H groups in total. The van der Waals surface area contributed by atoms with Crippen LogP contribution in [0.15, 0.2) is 237 Å². The second kappa shape index (κ2) is 14.3. The van der Waals surface area contributed by atoms with E-state index in [4.69, 9.17) is 0 Å². The Bertz CT molecular complexity index is 3540. The van der Waals surface area contributed by atoms with Gasteiger partial charge in [-0.3, -0.25) is 0 Å². The van der Waals surface area contributed by atoms with Crippen LogP contribution >= 0.6 is 0 Å². The van der Waals surface area contributed by atoms with Gasteiger partial charge in [0, 0.05) is 50.0 Å². The first-order valence-corrected chi connectivity index (χ1v) is 20.9. The summed E-state index contributed by atoms with van der Waals surface area (Å²) in [5.74, 6) is 0. The van der Waals surface area contributed by atoms with Crippen LogP contribution < -0.4 is 4.90 Å². The fraction of sp³-hybridized carbons (Fsp3) is 0. The van der Waals surface area contributed by atoms with E-state index in [0.29, 0.717) is 0 Å². The van der Waals surface area contributed by atoms with Gasteiger partial charge in [-0.1, -0.05) is 158 Å². The molecule has 0 bridgehead atoms. The fourth-order valence-corrected chi connectivity index (χ4v) is 9.43. The molecule has 2 heterocycles. The van der Waals surface area contributed by atoms with E-state index in [0.717, 1.165) is 28.4 Å². The van der Waals surface area contributed by atoms with E-state index in [1.807, 2.05) is 0 Å². The smallest absolute Gasteiger partial charge is 0.0641 e.